The number of carbonyl (C=O) groups is 1. The zero-order chi connectivity index (χ0) is 14.5. The SMILES string of the molecule is Cc1nc(C(=O)NC2CCCCCC2O)ccc1C#N. The minimum Gasteiger partial charge on any atom is -0.391 e. The highest BCUT2D eigenvalue weighted by molar-refractivity contribution is 5.92. The summed E-state index contributed by atoms with van der Waals surface area (Å²) in [5, 5.41) is 21.7. The number of carbonyl (C=O) groups excluding carboxylic acids is 1. The first-order chi connectivity index (χ1) is 9.61. The van der Waals surface area contributed by atoms with Crippen LogP contribution in [0.25, 0.3) is 0 Å². The third-order valence-electron chi connectivity index (χ3n) is 3.73. The molecule has 0 aliphatic heterocycles. The highest BCUT2D eigenvalue weighted by Crippen LogP contribution is 2.18. The fourth-order valence-corrected chi connectivity index (χ4v) is 2.50. The molecule has 1 aromatic heterocycles. The molecule has 2 atom stereocenters. The predicted octanol–water partition coefficient (Wildman–Crippen LogP) is 1.69. The smallest absolute Gasteiger partial charge is 0.270 e. The molecule has 1 saturated carbocycles. The fraction of sp³-hybridized carbons (Fsp3) is 0.533. The average Bonchev–Trinajstić information content (AvgIpc) is 2.64. The number of hydrogen-bond donors (Lipinski definition) is 2. The van der Waals surface area contributed by atoms with E-state index in [1.54, 1.807) is 19.1 Å². The number of nitrogens with one attached hydrogen (secondary N) is 1. The molecule has 2 unspecified atom stereocenters. The van der Waals surface area contributed by atoms with E-state index < -0.39 is 6.10 Å². The Kier molecular flexibility index (Phi) is 4.70. The van der Waals surface area contributed by atoms with Gasteiger partial charge in [0.25, 0.3) is 5.91 Å². The zero-order valence-electron chi connectivity index (χ0n) is 11.6. The summed E-state index contributed by atoms with van der Waals surface area (Å²) in [4.78, 5) is 16.3. The number of nitriles is 1. The summed E-state index contributed by atoms with van der Waals surface area (Å²) < 4.78 is 0. The van der Waals surface area contributed by atoms with Gasteiger partial charge in [-0.25, -0.2) is 4.98 Å². The van der Waals surface area contributed by atoms with Gasteiger partial charge in [-0.3, -0.25) is 4.79 Å². The number of aryl methyl sites for hydroxylation is 1. The molecule has 1 aromatic rings. The van der Waals surface area contributed by atoms with Gasteiger partial charge in [-0.05, 0) is 31.9 Å². The lowest BCUT2D eigenvalue weighted by atomic mass is 10.1. The molecule has 2 N–H and O–H groups in total. The van der Waals surface area contributed by atoms with Crippen LogP contribution in [-0.2, 0) is 0 Å². The van der Waals surface area contributed by atoms with Gasteiger partial charge in [-0.15, -0.1) is 0 Å². The van der Waals surface area contributed by atoms with Gasteiger partial charge in [-0.2, -0.15) is 5.26 Å². The summed E-state index contributed by atoms with van der Waals surface area (Å²) in [5.41, 5.74) is 1.30. The van der Waals surface area contributed by atoms with E-state index in [0.717, 1.165) is 32.1 Å². The van der Waals surface area contributed by atoms with Crippen LogP contribution in [0, 0.1) is 18.3 Å². The van der Waals surface area contributed by atoms with E-state index >= 15 is 0 Å². The standard InChI is InChI=1S/C15H19N3O2/c1-10-11(9-16)7-8-13(17-10)15(20)18-12-5-3-2-4-6-14(12)19/h7-8,12,14,19H,2-6H2,1H3,(H,18,20). The Bertz CT molecular complexity index is 536. The van der Waals surface area contributed by atoms with E-state index in [1.807, 2.05) is 6.07 Å². The predicted molar refractivity (Wildman–Crippen MR) is 74.0 cm³/mol. The van der Waals surface area contributed by atoms with Crippen LogP contribution in [0.2, 0.25) is 0 Å². The van der Waals surface area contributed by atoms with Crippen molar-refractivity contribution >= 4 is 5.91 Å². The lowest BCUT2D eigenvalue weighted by Gasteiger charge is -2.21. The molecule has 1 aliphatic rings. The van der Waals surface area contributed by atoms with Crippen LogP contribution in [0.5, 0.6) is 0 Å². The van der Waals surface area contributed by atoms with E-state index in [-0.39, 0.29) is 17.6 Å². The Morgan fingerprint density at radius 3 is 2.85 bits per heavy atom. The molecular formula is C15H19N3O2. The van der Waals surface area contributed by atoms with Crippen molar-refractivity contribution in [3.63, 3.8) is 0 Å². The Balaban J connectivity index is 2.07. The summed E-state index contributed by atoms with van der Waals surface area (Å²) in [6, 6.07) is 4.96. The number of aliphatic hydroxyl groups is 1. The fourth-order valence-electron chi connectivity index (χ4n) is 2.50. The maximum Gasteiger partial charge on any atom is 0.270 e. The molecule has 0 radical (unpaired) electrons. The highest BCUT2D eigenvalue weighted by Gasteiger charge is 2.24. The van der Waals surface area contributed by atoms with E-state index in [4.69, 9.17) is 5.26 Å². The first kappa shape index (κ1) is 14.5. The second-order valence-electron chi connectivity index (χ2n) is 5.23. The molecule has 1 aliphatic carbocycles. The highest BCUT2D eigenvalue weighted by atomic mass is 16.3. The van der Waals surface area contributed by atoms with Crippen LogP contribution in [-0.4, -0.2) is 28.1 Å². The van der Waals surface area contributed by atoms with E-state index in [0.29, 0.717) is 11.3 Å². The molecule has 5 nitrogen and oxygen atoms in total. The van der Waals surface area contributed by atoms with Crippen molar-refractivity contribution in [2.75, 3.05) is 0 Å². The van der Waals surface area contributed by atoms with Crippen molar-refractivity contribution in [2.45, 2.75) is 51.2 Å². The number of nitrogens with zero attached hydrogens (tertiary/aromatic N) is 2. The van der Waals surface area contributed by atoms with Crippen molar-refractivity contribution in [1.82, 2.24) is 10.3 Å². The largest absolute Gasteiger partial charge is 0.391 e. The molecule has 2 rings (SSSR count). The molecule has 5 heteroatoms. The van der Waals surface area contributed by atoms with Gasteiger partial charge in [0.2, 0.25) is 0 Å². The van der Waals surface area contributed by atoms with Gasteiger partial charge >= 0.3 is 0 Å². The van der Waals surface area contributed by atoms with Crippen molar-refractivity contribution in [2.24, 2.45) is 0 Å². The van der Waals surface area contributed by atoms with Crippen molar-refractivity contribution in [3.05, 3.63) is 29.1 Å². The van der Waals surface area contributed by atoms with E-state index in [1.165, 1.54) is 0 Å². The Morgan fingerprint density at radius 2 is 2.15 bits per heavy atom. The molecule has 0 bridgehead atoms. The van der Waals surface area contributed by atoms with Gasteiger partial charge in [0.05, 0.1) is 23.4 Å². The number of amides is 1. The number of rotatable bonds is 2. The minimum absolute atomic E-state index is 0.206. The first-order valence-electron chi connectivity index (χ1n) is 6.98. The van der Waals surface area contributed by atoms with Crippen LogP contribution in [0.4, 0.5) is 0 Å². The van der Waals surface area contributed by atoms with Crippen LogP contribution in [0.15, 0.2) is 12.1 Å². The van der Waals surface area contributed by atoms with Crippen molar-refractivity contribution in [1.29, 1.82) is 5.26 Å². The third kappa shape index (κ3) is 3.34. The quantitative estimate of drug-likeness (QED) is 0.803. The van der Waals surface area contributed by atoms with Crippen molar-refractivity contribution < 1.29 is 9.90 Å². The first-order valence-corrected chi connectivity index (χ1v) is 6.98. The summed E-state index contributed by atoms with van der Waals surface area (Å²) in [7, 11) is 0. The topological polar surface area (TPSA) is 86.0 Å². The molecule has 106 valence electrons. The van der Waals surface area contributed by atoms with Gasteiger partial charge in [0.1, 0.15) is 11.8 Å². The summed E-state index contributed by atoms with van der Waals surface area (Å²) >= 11 is 0. The zero-order valence-corrected chi connectivity index (χ0v) is 11.6. The average molecular weight is 273 g/mol. The van der Waals surface area contributed by atoms with Crippen LogP contribution < -0.4 is 5.32 Å². The summed E-state index contributed by atoms with van der Waals surface area (Å²) in [6.07, 6.45) is 4.15. The van der Waals surface area contributed by atoms with Gasteiger partial charge in [0, 0.05) is 0 Å². The van der Waals surface area contributed by atoms with Crippen LogP contribution in [0.3, 0.4) is 0 Å². The number of hydrogen-bond acceptors (Lipinski definition) is 4. The van der Waals surface area contributed by atoms with Gasteiger partial charge < -0.3 is 10.4 Å². The molecular weight excluding hydrogens is 254 g/mol. The maximum absolute atomic E-state index is 12.2. The Labute approximate surface area is 118 Å². The van der Waals surface area contributed by atoms with Gasteiger partial charge in [-0.1, -0.05) is 19.3 Å². The summed E-state index contributed by atoms with van der Waals surface area (Å²) in [6.45, 7) is 1.70. The Hall–Kier alpha value is -1.93. The molecule has 0 saturated heterocycles. The third-order valence-corrected chi connectivity index (χ3v) is 3.73. The Morgan fingerprint density at radius 1 is 1.40 bits per heavy atom. The molecule has 0 aromatic carbocycles. The van der Waals surface area contributed by atoms with Crippen molar-refractivity contribution in [3.8, 4) is 6.07 Å². The van der Waals surface area contributed by atoms with Crippen LogP contribution in [0.1, 0.15) is 53.8 Å². The molecule has 1 fully saturated rings. The van der Waals surface area contributed by atoms with E-state index in [2.05, 4.69) is 10.3 Å². The number of pyridine rings is 1. The summed E-state index contributed by atoms with van der Waals surface area (Å²) in [5.74, 6) is -0.288. The monoisotopic (exact) mass is 273 g/mol. The van der Waals surface area contributed by atoms with E-state index in [9.17, 15) is 9.90 Å². The van der Waals surface area contributed by atoms with Gasteiger partial charge in [0.15, 0.2) is 0 Å². The second kappa shape index (κ2) is 6.49. The maximum atomic E-state index is 12.2. The molecule has 1 heterocycles. The second-order valence-corrected chi connectivity index (χ2v) is 5.23. The molecule has 20 heavy (non-hydrogen) atoms. The number of aliphatic hydroxyl groups excluding tert-OH is 1. The lowest BCUT2D eigenvalue weighted by Crippen LogP contribution is -2.43. The molecule has 1 amide bonds. The lowest BCUT2D eigenvalue weighted by molar-refractivity contribution is 0.0814. The minimum atomic E-state index is -0.485. The normalized spacial score (nSPS) is 22.6. The van der Waals surface area contributed by atoms with Crippen LogP contribution >= 0.6 is 0 Å². The molecule has 0 spiro atoms. The number of aromatic nitrogens is 1.